The second-order valence-corrected chi connectivity index (χ2v) is 7.21. The van der Waals surface area contributed by atoms with Gasteiger partial charge in [-0.25, -0.2) is 0 Å². The van der Waals surface area contributed by atoms with Crippen LogP contribution in [0.1, 0.15) is 38.8 Å². The van der Waals surface area contributed by atoms with Gasteiger partial charge in [0, 0.05) is 28.5 Å². The van der Waals surface area contributed by atoms with Crippen LogP contribution in [0.2, 0.25) is 0 Å². The first kappa shape index (κ1) is 18.0. The first-order valence-electron chi connectivity index (χ1n) is 9.43. The first-order valence-corrected chi connectivity index (χ1v) is 9.43. The van der Waals surface area contributed by atoms with E-state index in [1.54, 1.807) is 18.2 Å². The molecule has 1 heterocycles. The van der Waals surface area contributed by atoms with Crippen LogP contribution < -0.4 is 10.2 Å². The highest BCUT2D eigenvalue weighted by Gasteiger charge is 2.31. The SMILES string of the molecule is Cc1ccc(C(=O)N2c3ccccc3CC2C)cc1NC(=O)c1ccccc1. The number of carbonyl (C=O) groups excluding carboxylic acids is 2. The number of benzene rings is 3. The molecule has 0 spiro atoms. The van der Waals surface area contributed by atoms with Crippen LogP contribution in [0.15, 0.2) is 72.8 Å². The van der Waals surface area contributed by atoms with E-state index in [1.165, 1.54) is 5.56 Å². The lowest BCUT2D eigenvalue weighted by atomic mass is 10.1. The molecule has 0 saturated heterocycles. The number of nitrogens with one attached hydrogen (secondary N) is 1. The molecule has 1 aliphatic rings. The first-order chi connectivity index (χ1) is 13.5. The fourth-order valence-corrected chi connectivity index (χ4v) is 3.69. The number of fused-ring (bicyclic) bond motifs is 1. The number of nitrogens with zero attached hydrogens (tertiary/aromatic N) is 1. The Kier molecular flexibility index (Phi) is 4.70. The molecule has 3 aromatic carbocycles. The Morgan fingerprint density at radius 1 is 0.929 bits per heavy atom. The number of anilines is 2. The minimum absolute atomic E-state index is 0.0485. The van der Waals surface area contributed by atoms with E-state index in [2.05, 4.69) is 18.3 Å². The molecule has 4 rings (SSSR count). The lowest BCUT2D eigenvalue weighted by Crippen LogP contribution is -2.35. The molecular formula is C24H22N2O2. The molecule has 2 amide bonds. The van der Waals surface area contributed by atoms with E-state index in [4.69, 9.17) is 0 Å². The van der Waals surface area contributed by atoms with E-state index in [9.17, 15) is 9.59 Å². The molecule has 1 unspecified atom stereocenters. The average molecular weight is 370 g/mol. The Hall–Kier alpha value is -3.40. The molecule has 4 heteroatoms. The number of hydrogen-bond donors (Lipinski definition) is 1. The van der Waals surface area contributed by atoms with E-state index in [0.717, 1.165) is 17.7 Å². The van der Waals surface area contributed by atoms with Gasteiger partial charge in [0.25, 0.3) is 11.8 Å². The van der Waals surface area contributed by atoms with Gasteiger partial charge in [0.1, 0.15) is 0 Å². The normalized spacial score (nSPS) is 15.2. The standard InChI is InChI=1S/C24H22N2O2/c1-16-12-13-20(15-21(16)25-23(27)18-8-4-3-5-9-18)24(28)26-17(2)14-19-10-6-7-11-22(19)26/h3-13,15,17H,14H2,1-2H3,(H,25,27). The monoisotopic (exact) mass is 370 g/mol. The zero-order valence-electron chi connectivity index (χ0n) is 16.0. The van der Waals surface area contributed by atoms with Crippen molar-refractivity contribution in [2.75, 3.05) is 10.2 Å². The number of hydrogen-bond acceptors (Lipinski definition) is 2. The highest BCUT2D eigenvalue weighted by atomic mass is 16.2. The summed E-state index contributed by atoms with van der Waals surface area (Å²) in [5, 5.41) is 2.93. The van der Waals surface area contributed by atoms with Crippen LogP contribution >= 0.6 is 0 Å². The molecule has 1 atom stereocenters. The Bertz CT molecular complexity index is 1040. The van der Waals surface area contributed by atoms with Crippen molar-refractivity contribution in [2.24, 2.45) is 0 Å². The van der Waals surface area contributed by atoms with E-state index in [-0.39, 0.29) is 17.9 Å². The minimum Gasteiger partial charge on any atom is -0.322 e. The molecule has 140 valence electrons. The summed E-state index contributed by atoms with van der Waals surface area (Å²) in [7, 11) is 0. The van der Waals surface area contributed by atoms with Crippen LogP contribution in [0.25, 0.3) is 0 Å². The van der Waals surface area contributed by atoms with Crippen LogP contribution in [0.3, 0.4) is 0 Å². The van der Waals surface area contributed by atoms with Gasteiger partial charge in [0.2, 0.25) is 0 Å². The van der Waals surface area contributed by atoms with E-state index >= 15 is 0 Å². The van der Waals surface area contributed by atoms with Crippen molar-refractivity contribution in [3.8, 4) is 0 Å². The van der Waals surface area contributed by atoms with Gasteiger partial charge >= 0.3 is 0 Å². The van der Waals surface area contributed by atoms with Crippen molar-refractivity contribution < 1.29 is 9.59 Å². The summed E-state index contributed by atoms with van der Waals surface area (Å²) >= 11 is 0. The van der Waals surface area contributed by atoms with Crippen molar-refractivity contribution in [3.05, 3.63) is 95.1 Å². The number of aryl methyl sites for hydroxylation is 1. The fourth-order valence-electron chi connectivity index (χ4n) is 3.69. The smallest absolute Gasteiger partial charge is 0.258 e. The number of amides is 2. The highest BCUT2D eigenvalue weighted by molar-refractivity contribution is 6.09. The third kappa shape index (κ3) is 3.29. The molecule has 0 aromatic heterocycles. The second-order valence-electron chi connectivity index (χ2n) is 7.21. The summed E-state index contributed by atoms with van der Waals surface area (Å²) < 4.78 is 0. The zero-order valence-corrected chi connectivity index (χ0v) is 16.0. The van der Waals surface area contributed by atoms with E-state index < -0.39 is 0 Å². The number of carbonyl (C=O) groups is 2. The Balaban J connectivity index is 1.62. The zero-order chi connectivity index (χ0) is 19.7. The van der Waals surface area contributed by atoms with Crippen LogP contribution in [0.4, 0.5) is 11.4 Å². The minimum atomic E-state index is -0.187. The summed E-state index contributed by atoms with van der Waals surface area (Å²) in [4.78, 5) is 27.6. The summed E-state index contributed by atoms with van der Waals surface area (Å²) in [6.45, 7) is 3.98. The lowest BCUT2D eigenvalue weighted by molar-refractivity contribution is 0.0979. The maximum Gasteiger partial charge on any atom is 0.258 e. The van der Waals surface area contributed by atoms with Gasteiger partial charge in [0.05, 0.1) is 0 Å². The van der Waals surface area contributed by atoms with Crippen LogP contribution in [0, 0.1) is 6.92 Å². The van der Waals surface area contributed by atoms with E-state index in [1.807, 2.05) is 60.4 Å². The largest absolute Gasteiger partial charge is 0.322 e. The molecule has 3 aromatic rings. The van der Waals surface area contributed by atoms with Crippen LogP contribution in [-0.2, 0) is 6.42 Å². The lowest BCUT2D eigenvalue weighted by Gasteiger charge is -2.23. The molecule has 1 aliphatic heterocycles. The van der Waals surface area contributed by atoms with Gasteiger partial charge in [-0.1, -0.05) is 42.5 Å². The van der Waals surface area contributed by atoms with Gasteiger partial charge < -0.3 is 10.2 Å². The summed E-state index contributed by atoms with van der Waals surface area (Å²) in [6.07, 6.45) is 0.853. The predicted octanol–water partition coefficient (Wildman–Crippen LogP) is 4.84. The molecular weight excluding hydrogens is 348 g/mol. The van der Waals surface area contributed by atoms with Crippen LogP contribution in [0.5, 0.6) is 0 Å². The number of para-hydroxylation sites is 1. The maximum absolute atomic E-state index is 13.3. The molecule has 4 nitrogen and oxygen atoms in total. The molecule has 0 bridgehead atoms. The van der Waals surface area contributed by atoms with E-state index in [0.29, 0.717) is 16.8 Å². The maximum atomic E-state index is 13.3. The predicted molar refractivity (Wildman–Crippen MR) is 112 cm³/mol. The van der Waals surface area contributed by atoms with Gasteiger partial charge in [-0.3, -0.25) is 9.59 Å². The highest BCUT2D eigenvalue weighted by Crippen LogP contribution is 2.33. The van der Waals surface area contributed by atoms with Gasteiger partial charge in [-0.2, -0.15) is 0 Å². The summed E-state index contributed by atoms with van der Waals surface area (Å²) in [5.74, 6) is -0.235. The summed E-state index contributed by atoms with van der Waals surface area (Å²) in [5.41, 5.74) is 4.87. The van der Waals surface area contributed by atoms with Crippen molar-refractivity contribution in [1.82, 2.24) is 0 Å². The molecule has 0 saturated carbocycles. The fraction of sp³-hybridized carbons (Fsp3) is 0.167. The summed E-state index contributed by atoms with van der Waals surface area (Å²) in [6, 6.07) is 22.6. The molecule has 0 fully saturated rings. The van der Waals surface area contributed by atoms with Crippen molar-refractivity contribution in [1.29, 1.82) is 0 Å². The quantitative estimate of drug-likeness (QED) is 0.717. The van der Waals surface area contributed by atoms with Crippen LogP contribution in [-0.4, -0.2) is 17.9 Å². The third-order valence-corrected chi connectivity index (χ3v) is 5.19. The van der Waals surface area contributed by atoms with Crippen molar-refractivity contribution in [3.63, 3.8) is 0 Å². The average Bonchev–Trinajstić information content (AvgIpc) is 3.05. The van der Waals surface area contributed by atoms with Gasteiger partial charge in [0.15, 0.2) is 0 Å². The van der Waals surface area contributed by atoms with Crippen molar-refractivity contribution in [2.45, 2.75) is 26.3 Å². The molecule has 0 aliphatic carbocycles. The Labute approximate surface area is 164 Å². The van der Waals surface area contributed by atoms with Gasteiger partial charge in [-0.05, 0) is 61.7 Å². The molecule has 1 N–H and O–H groups in total. The number of rotatable bonds is 3. The van der Waals surface area contributed by atoms with Gasteiger partial charge in [-0.15, -0.1) is 0 Å². The molecule has 28 heavy (non-hydrogen) atoms. The third-order valence-electron chi connectivity index (χ3n) is 5.19. The molecule has 0 radical (unpaired) electrons. The Morgan fingerprint density at radius 2 is 1.64 bits per heavy atom. The second kappa shape index (κ2) is 7.31. The van der Waals surface area contributed by atoms with Crippen molar-refractivity contribution >= 4 is 23.2 Å². The Morgan fingerprint density at radius 3 is 2.43 bits per heavy atom. The topological polar surface area (TPSA) is 49.4 Å².